The Morgan fingerprint density at radius 2 is 1.95 bits per heavy atom. The zero-order valence-electron chi connectivity index (χ0n) is 11.0. The molecule has 5 atom stereocenters. The summed E-state index contributed by atoms with van der Waals surface area (Å²) in [6.07, 6.45) is 1.10. The largest absolute Gasteiger partial charge is 0.458 e. The first-order chi connectivity index (χ1) is 8.83. The average molecular weight is 262 g/mol. The maximum Gasteiger partial charge on any atom is 0.334 e. The van der Waals surface area contributed by atoms with Gasteiger partial charge in [0.2, 0.25) is 0 Å². The zero-order chi connectivity index (χ0) is 13.9. The van der Waals surface area contributed by atoms with Crippen LogP contribution in [0.1, 0.15) is 26.2 Å². The molecular formula is C15H18O4. The summed E-state index contributed by atoms with van der Waals surface area (Å²) >= 11 is 0. The maximum absolute atomic E-state index is 12.2. The molecule has 1 aliphatic heterocycles. The fraction of sp³-hybridized carbons (Fsp3) is 0.600. The van der Waals surface area contributed by atoms with Gasteiger partial charge < -0.3 is 9.84 Å². The molecule has 2 saturated carbocycles. The Kier molecular flexibility index (Phi) is 2.52. The van der Waals surface area contributed by atoms with Gasteiger partial charge in [0.1, 0.15) is 6.10 Å². The van der Waals surface area contributed by atoms with Gasteiger partial charge in [0.05, 0.1) is 5.60 Å². The normalized spacial score (nSPS) is 45.8. The van der Waals surface area contributed by atoms with Gasteiger partial charge in [-0.3, -0.25) is 4.79 Å². The molecule has 2 aliphatic carbocycles. The van der Waals surface area contributed by atoms with E-state index in [1.807, 2.05) is 0 Å². The molecule has 0 aromatic carbocycles. The van der Waals surface area contributed by atoms with Crippen molar-refractivity contribution in [3.05, 3.63) is 24.3 Å². The highest BCUT2D eigenvalue weighted by Gasteiger charge is 2.58. The van der Waals surface area contributed by atoms with Crippen molar-refractivity contribution < 1.29 is 19.4 Å². The molecule has 3 fully saturated rings. The fourth-order valence-electron chi connectivity index (χ4n) is 3.93. The molecule has 0 amide bonds. The van der Waals surface area contributed by atoms with E-state index in [2.05, 4.69) is 13.2 Å². The van der Waals surface area contributed by atoms with Gasteiger partial charge >= 0.3 is 5.97 Å². The number of carbonyl (C=O) groups is 2. The number of hydrogen-bond donors (Lipinski definition) is 1. The van der Waals surface area contributed by atoms with Gasteiger partial charge in [-0.1, -0.05) is 13.2 Å². The van der Waals surface area contributed by atoms with Gasteiger partial charge in [0.25, 0.3) is 0 Å². The highest BCUT2D eigenvalue weighted by atomic mass is 16.6. The molecule has 2 unspecified atom stereocenters. The first-order valence-electron chi connectivity index (χ1n) is 6.67. The van der Waals surface area contributed by atoms with E-state index in [0.717, 1.165) is 6.42 Å². The number of ether oxygens (including phenoxy) is 1. The Bertz CT molecular complexity index is 502. The van der Waals surface area contributed by atoms with Crippen LogP contribution in [0.5, 0.6) is 0 Å². The molecule has 1 heterocycles. The van der Waals surface area contributed by atoms with Crippen molar-refractivity contribution in [2.75, 3.05) is 0 Å². The van der Waals surface area contributed by atoms with Gasteiger partial charge in [-0.25, -0.2) is 4.79 Å². The Labute approximate surface area is 112 Å². The van der Waals surface area contributed by atoms with Crippen molar-refractivity contribution >= 4 is 11.8 Å². The summed E-state index contributed by atoms with van der Waals surface area (Å²) in [5, 5.41) is 10.6. The second-order valence-electron chi connectivity index (χ2n) is 6.18. The van der Waals surface area contributed by atoms with E-state index < -0.39 is 17.7 Å². The molecule has 0 aromatic rings. The summed E-state index contributed by atoms with van der Waals surface area (Å²) in [5.41, 5.74) is 0.00185. The van der Waals surface area contributed by atoms with E-state index in [0.29, 0.717) is 17.6 Å². The van der Waals surface area contributed by atoms with Gasteiger partial charge in [-0.05, 0) is 31.3 Å². The third-order valence-electron chi connectivity index (χ3n) is 5.03. The molecular weight excluding hydrogens is 244 g/mol. The third kappa shape index (κ3) is 1.62. The van der Waals surface area contributed by atoms with Crippen molar-refractivity contribution in [1.82, 2.24) is 0 Å². The molecule has 3 rings (SSSR count). The summed E-state index contributed by atoms with van der Waals surface area (Å²) in [7, 11) is 0. The van der Waals surface area contributed by atoms with Crippen LogP contribution in [-0.2, 0) is 14.3 Å². The Balaban J connectivity index is 2.08. The number of carbonyl (C=O) groups excluding carboxylic acids is 2. The molecule has 4 nitrogen and oxygen atoms in total. The molecule has 3 aliphatic rings. The molecule has 102 valence electrons. The first kappa shape index (κ1) is 12.6. The minimum absolute atomic E-state index is 0.0281. The molecule has 1 saturated heterocycles. The predicted molar refractivity (Wildman–Crippen MR) is 68.1 cm³/mol. The fourth-order valence-corrected chi connectivity index (χ4v) is 3.93. The molecule has 19 heavy (non-hydrogen) atoms. The van der Waals surface area contributed by atoms with Crippen LogP contribution in [0.3, 0.4) is 0 Å². The SMILES string of the molecule is C=C1C(=O)C[C@H]2C(=C)C(=O)O[C@@H]2C2C1CC[C@@]2(C)O. The Hall–Kier alpha value is -1.42. The topological polar surface area (TPSA) is 63.6 Å². The molecule has 0 aromatic heterocycles. The standard InChI is InChI=1S/C15H18O4/c1-7-9-4-5-15(3,18)12(9)13-10(6-11(7)16)8(2)14(17)19-13/h9-10,12-13,18H,1-2,4-6H2,3H3/t9?,10-,12?,13-,15+/m0/s1. The van der Waals surface area contributed by atoms with Crippen LogP contribution < -0.4 is 0 Å². The Morgan fingerprint density at radius 3 is 2.63 bits per heavy atom. The van der Waals surface area contributed by atoms with Gasteiger partial charge in [-0.2, -0.15) is 0 Å². The van der Waals surface area contributed by atoms with Gasteiger partial charge in [-0.15, -0.1) is 0 Å². The number of allylic oxidation sites excluding steroid dienone is 1. The summed E-state index contributed by atoms with van der Waals surface area (Å²) < 4.78 is 5.41. The number of esters is 1. The van der Waals surface area contributed by atoms with Gasteiger partial charge in [0.15, 0.2) is 5.78 Å². The zero-order valence-corrected chi connectivity index (χ0v) is 11.0. The number of hydrogen-bond acceptors (Lipinski definition) is 4. The lowest BCUT2D eigenvalue weighted by Gasteiger charge is -2.33. The quantitative estimate of drug-likeness (QED) is 0.529. The van der Waals surface area contributed by atoms with E-state index in [1.54, 1.807) is 6.92 Å². The van der Waals surface area contributed by atoms with Crippen LogP contribution >= 0.6 is 0 Å². The minimum Gasteiger partial charge on any atom is -0.458 e. The van der Waals surface area contributed by atoms with Crippen molar-refractivity contribution in [3.63, 3.8) is 0 Å². The lowest BCUT2D eigenvalue weighted by molar-refractivity contribution is -0.146. The van der Waals surface area contributed by atoms with Crippen LogP contribution in [0.4, 0.5) is 0 Å². The van der Waals surface area contributed by atoms with Crippen molar-refractivity contribution in [2.45, 2.75) is 37.9 Å². The first-order valence-corrected chi connectivity index (χ1v) is 6.67. The van der Waals surface area contributed by atoms with Gasteiger partial charge in [0, 0.05) is 23.8 Å². The van der Waals surface area contributed by atoms with E-state index >= 15 is 0 Å². The smallest absolute Gasteiger partial charge is 0.334 e. The molecule has 0 bridgehead atoms. The van der Waals surface area contributed by atoms with Crippen molar-refractivity contribution in [3.8, 4) is 0 Å². The Morgan fingerprint density at radius 1 is 1.26 bits per heavy atom. The molecule has 4 heteroatoms. The third-order valence-corrected chi connectivity index (χ3v) is 5.03. The minimum atomic E-state index is -0.925. The summed E-state index contributed by atoms with van der Waals surface area (Å²) in [4.78, 5) is 23.9. The molecule has 0 radical (unpaired) electrons. The van der Waals surface area contributed by atoms with Crippen molar-refractivity contribution in [2.24, 2.45) is 17.8 Å². The number of ketones is 1. The number of fused-ring (bicyclic) bond motifs is 3. The van der Waals surface area contributed by atoms with Crippen LogP contribution in [0.2, 0.25) is 0 Å². The van der Waals surface area contributed by atoms with E-state index in [1.165, 1.54) is 0 Å². The van der Waals surface area contributed by atoms with E-state index in [9.17, 15) is 14.7 Å². The van der Waals surface area contributed by atoms with Crippen LogP contribution in [0, 0.1) is 17.8 Å². The predicted octanol–water partition coefficient (Wildman–Crippen LogP) is 1.39. The number of rotatable bonds is 0. The maximum atomic E-state index is 12.2. The lowest BCUT2D eigenvalue weighted by Crippen LogP contribution is -2.42. The lowest BCUT2D eigenvalue weighted by atomic mass is 9.77. The van der Waals surface area contributed by atoms with E-state index in [4.69, 9.17) is 4.74 Å². The molecule has 1 N–H and O–H groups in total. The van der Waals surface area contributed by atoms with Crippen LogP contribution in [0.25, 0.3) is 0 Å². The highest BCUT2D eigenvalue weighted by Crippen LogP contribution is 2.53. The number of aliphatic hydroxyl groups is 1. The average Bonchev–Trinajstić information content (AvgIpc) is 2.75. The second kappa shape index (κ2) is 3.79. The van der Waals surface area contributed by atoms with Crippen LogP contribution in [0.15, 0.2) is 24.3 Å². The van der Waals surface area contributed by atoms with Crippen molar-refractivity contribution in [1.29, 1.82) is 0 Å². The monoisotopic (exact) mass is 262 g/mol. The van der Waals surface area contributed by atoms with Crippen LogP contribution in [-0.4, -0.2) is 28.6 Å². The van der Waals surface area contributed by atoms with E-state index in [-0.39, 0.29) is 30.0 Å². The second-order valence-corrected chi connectivity index (χ2v) is 6.18. The molecule has 0 spiro atoms. The number of Topliss-reactive ketones (excluding diaryl/α,β-unsaturated/α-hetero) is 1. The summed E-state index contributed by atoms with van der Waals surface area (Å²) in [6.45, 7) is 9.41. The summed E-state index contributed by atoms with van der Waals surface area (Å²) in [6, 6.07) is 0. The highest BCUT2D eigenvalue weighted by molar-refractivity contribution is 5.99. The summed E-state index contributed by atoms with van der Waals surface area (Å²) in [5.74, 6) is -1.11.